The number of nitrogens with one attached hydrogen (secondary N) is 1. The zero-order valence-corrected chi connectivity index (χ0v) is 33.5. The molecule has 0 bridgehead atoms. The van der Waals surface area contributed by atoms with Gasteiger partial charge >= 0.3 is 12.1 Å². The van der Waals surface area contributed by atoms with E-state index in [4.69, 9.17) is 29.2 Å². The number of ether oxygens (including phenoxy) is 5. The van der Waals surface area contributed by atoms with Gasteiger partial charge in [0.1, 0.15) is 17.7 Å². The number of esters is 1. The van der Waals surface area contributed by atoms with Crippen LogP contribution in [0.3, 0.4) is 0 Å². The van der Waals surface area contributed by atoms with Crippen molar-refractivity contribution in [3.05, 3.63) is 23.1 Å². The molecule has 3 fully saturated rings. The quantitative estimate of drug-likeness (QED) is 0.0388. The fourth-order valence-corrected chi connectivity index (χ4v) is 9.00. The molecule has 3 aliphatic rings. The number of methoxy groups -OCH3 is 1. The minimum absolute atomic E-state index is 0.0565. The normalized spacial score (nSPS) is 39.6. The van der Waals surface area contributed by atoms with Gasteiger partial charge in [-0.15, -0.1) is 6.58 Å². The van der Waals surface area contributed by atoms with Gasteiger partial charge in [0, 0.05) is 43.1 Å². The lowest BCUT2D eigenvalue weighted by Gasteiger charge is -2.46. The van der Waals surface area contributed by atoms with E-state index >= 15 is 0 Å². The summed E-state index contributed by atoms with van der Waals surface area (Å²) in [7, 11) is 5.28. The van der Waals surface area contributed by atoms with Gasteiger partial charge in [0.05, 0.1) is 23.9 Å². The van der Waals surface area contributed by atoms with Crippen LogP contribution in [0.4, 0.5) is 4.79 Å². The van der Waals surface area contributed by atoms with Crippen LogP contribution in [-0.4, -0.2) is 128 Å². The van der Waals surface area contributed by atoms with Gasteiger partial charge in [-0.25, -0.2) is 4.79 Å². The Bertz CT molecular complexity index is 1320. The predicted molar refractivity (Wildman–Crippen MR) is 196 cm³/mol. The van der Waals surface area contributed by atoms with Gasteiger partial charge in [-0.3, -0.25) is 19.1 Å². The molecule has 13 atom stereocenters. The molecule has 1 N–H and O–H groups in total. The van der Waals surface area contributed by atoms with Crippen molar-refractivity contribution >= 4 is 26.3 Å². The van der Waals surface area contributed by atoms with Crippen LogP contribution in [0.5, 0.6) is 0 Å². The van der Waals surface area contributed by atoms with Crippen molar-refractivity contribution in [1.82, 2.24) is 15.1 Å². The highest BCUT2D eigenvalue weighted by Gasteiger charge is 2.59. The molecule has 1 amide bonds. The second-order valence-electron chi connectivity index (χ2n) is 15.3. The highest BCUT2D eigenvalue weighted by atomic mass is 31.1. The first-order valence-electron chi connectivity index (χ1n) is 18.5. The third-order valence-electron chi connectivity index (χ3n) is 11.2. The van der Waals surface area contributed by atoms with Gasteiger partial charge in [-0.1, -0.05) is 32.0 Å². The molecule has 294 valence electrons. The Kier molecular flexibility index (Phi) is 16.1. The maximum Gasteiger partial charge on any atom is 0.410 e. The molecule has 3 rings (SSSR count). The number of nitrogens with zero attached hydrogens (tertiary/aromatic N) is 5. The van der Waals surface area contributed by atoms with Crippen LogP contribution in [0.2, 0.25) is 0 Å². The molecular formula is C36H61N6O9P. The molecule has 3 saturated heterocycles. The molecule has 0 aromatic carbocycles. The molecule has 0 aromatic rings. The van der Waals surface area contributed by atoms with Gasteiger partial charge in [-0.2, -0.15) is 0 Å². The maximum atomic E-state index is 14.3. The van der Waals surface area contributed by atoms with Crippen LogP contribution in [-0.2, 0) is 37.8 Å². The zero-order chi connectivity index (χ0) is 39.0. The Labute approximate surface area is 310 Å². The number of amides is 1. The molecule has 0 radical (unpaired) electrons. The minimum Gasteiger partial charge on any atom is -0.458 e. The van der Waals surface area contributed by atoms with E-state index in [-0.39, 0.29) is 26.5 Å². The summed E-state index contributed by atoms with van der Waals surface area (Å²) in [4.78, 5) is 48.2. The molecule has 0 aliphatic carbocycles. The molecule has 0 spiro atoms. The summed E-state index contributed by atoms with van der Waals surface area (Å²) in [5, 5.41) is 7.20. The number of fused-ring (bicyclic) bond motifs is 1. The molecule has 0 aromatic heterocycles. The van der Waals surface area contributed by atoms with E-state index < -0.39 is 77.1 Å². The van der Waals surface area contributed by atoms with E-state index in [1.54, 1.807) is 31.9 Å². The van der Waals surface area contributed by atoms with E-state index in [0.717, 1.165) is 0 Å². The minimum atomic E-state index is -1.30. The van der Waals surface area contributed by atoms with Crippen molar-refractivity contribution in [2.75, 3.05) is 40.8 Å². The van der Waals surface area contributed by atoms with Crippen molar-refractivity contribution < 1.29 is 42.6 Å². The summed E-state index contributed by atoms with van der Waals surface area (Å²) < 4.78 is 44.1. The number of carbonyl (C=O) groups excluding carboxylic acids is 3. The molecule has 3 aliphatic heterocycles. The van der Waals surface area contributed by atoms with Crippen molar-refractivity contribution in [3.8, 4) is 0 Å². The Balaban J connectivity index is 2.08. The first kappa shape index (κ1) is 43.8. The third-order valence-corrected chi connectivity index (χ3v) is 12.0. The Morgan fingerprint density at radius 2 is 1.88 bits per heavy atom. The Hall–Kier alpha value is -2.64. The largest absolute Gasteiger partial charge is 0.458 e. The highest BCUT2D eigenvalue weighted by molar-refractivity contribution is 7.25. The summed E-state index contributed by atoms with van der Waals surface area (Å²) in [5.41, 5.74) is 5.79. The van der Waals surface area contributed by atoms with Gasteiger partial charge in [-0.05, 0) is 91.9 Å². The van der Waals surface area contributed by atoms with Crippen LogP contribution in [0.1, 0.15) is 80.6 Å². The summed E-state index contributed by atoms with van der Waals surface area (Å²) in [5.74, 6) is -3.28. The topological polar surface area (TPSA) is 182 Å². The zero-order valence-electron chi connectivity index (χ0n) is 32.6. The third kappa shape index (κ3) is 9.71. The van der Waals surface area contributed by atoms with Crippen molar-refractivity contribution in [3.63, 3.8) is 0 Å². The first-order valence-corrected chi connectivity index (χ1v) is 19.4. The van der Waals surface area contributed by atoms with Gasteiger partial charge < -0.3 is 33.9 Å². The number of hydrogen-bond donors (Lipinski definition) is 1. The smallest absolute Gasteiger partial charge is 0.410 e. The van der Waals surface area contributed by atoms with Gasteiger partial charge in [0.25, 0.3) is 0 Å². The number of hydrogen-bond acceptors (Lipinski definition) is 12. The van der Waals surface area contributed by atoms with Crippen molar-refractivity contribution in [2.45, 2.75) is 140 Å². The second kappa shape index (κ2) is 19.1. The second-order valence-corrected chi connectivity index (χ2v) is 16.1. The fourth-order valence-electron chi connectivity index (χ4n) is 8.23. The van der Waals surface area contributed by atoms with Crippen LogP contribution in [0.25, 0.3) is 10.4 Å². The number of Topliss-reactive ketones (excluding diaryl/α,β-unsaturated/α-hetero) is 1. The molecular weight excluding hydrogens is 691 g/mol. The number of azide groups is 1. The maximum absolute atomic E-state index is 14.3. The fraction of sp³-hybridized carbons (Fsp3) is 0.861. The average molecular weight is 753 g/mol. The number of carbonyl (C=O) groups is 3. The van der Waals surface area contributed by atoms with Crippen LogP contribution in [0.15, 0.2) is 17.8 Å². The number of rotatable bonds is 12. The van der Waals surface area contributed by atoms with E-state index in [1.807, 2.05) is 39.8 Å². The summed E-state index contributed by atoms with van der Waals surface area (Å²) >= 11 is 0. The predicted octanol–water partition coefficient (Wildman–Crippen LogP) is 5.52. The Morgan fingerprint density at radius 1 is 1.19 bits per heavy atom. The SMILES string of the molecule is C=C[C@H]1NC[C@H](C)C[C@@](C)(OC)[C@H](O[C@@H]2OC(C)CC(N(C)C)C2P=O)[C@@H](C)C(=O)[C@@H](C)C(=O)O[C@H](CC)[C@@]2(C)OC(=O)N(CCCCN=[N+]=[N-])[C@H]12. The first-order chi connectivity index (χ1) is 24.5. The summed E-state index contributed by atoms with van der Waals surface area (Å²) in [6.45, 7) is 17.9. The lowest BCUT2D eigenvalue weighted by atomic mass is 9.78. The average Bonchev–Trinajstić information content (AvgIpc) is 3.36. The summed E-state index contributed by atoms with van der Waals surface area (Å²) in [6, 6.07) is -1.21. The lowest BCUT2D eigenvalue weighted by Crippen LogP contribution is -2.61. The molecule has 0 saturated carbocycles. The van der Waals surface area contributed by atoms with Crippen molar-refractivity contribution in [2.24, 2.45) is 22.9 Å². The van der Waals surface area contributed by atoms with Gasteiger partial charge in [0.15, 0.2) is 26.1 Å². The molecule has 15 nitrogen and oxygen atoms in total. The summed E-state index contributed by atoms with van der Waals surface area (Å²) in [6.07, 6.45) is 0.797. The van der Waals surface area contributed by atoms with Crippen LogP contribution in [0, 0.1) is 17.8 Å². The standard InChI is InChI=1S/C36H61N6O9P/c1-12-25-30-36(8,51-34(45)42(30)17-15-14-16-39-40-37)27(13-2)49-32(44)24(6)28(43)23(5)31(35(7,47-11)19-21(3)20-38-25)50-33-29(52-46)26(41(9)10)18-22(4)48-33/h12,21-27,29-31,33,38H,1,13-20H2,2-11H3/t21-,22?,23+,24-,25-,26?,27-,29?,30-,31-,33+,35-,36-/m1/s1. The lowest BCUT2D eigenvalue weighted by molar-refractivity contribution is -0.260. The van der Waals surface area contributed by atoms with Crippen LogP contribution < -0.4 is 5.32 Å². The monoisotopic (exact) mass is 752 g/mol. The van der Waals surface area contributed by atoms with Crippen molar-refractivity contribution in [1.29, 1.82) is 0 Å². The number of unbranched alkanes of at least 4 members (excludes halogenated alkanes) is 1. The van der Waals surface area contributed by atoms with E-state index in [0.29, 0.717) is 51.7 Å². The van der Waals surface area contributed by atoms with E-state index in [1.165, 1.54) is 6.92 Å². The van der Waals surface area contributed by atoms with E-state index in [9.17, 15) is 18.9 Å². The van der Waals surface area contributed by atoms with E-state index in [2.05, 4.69) is 28.8 Å². The molecule has 3 heterocycles. The number of cyclic esters (lactones) is 1. The van der Waals surface area contributed by atoms with Gasteiger partial charge in [0.2, 0.25) is 0 Å². The highest BCUT2D eigenvalue weighted by Crippen LogP contribution is 2.41. The molecule has 52 heavy (non-hydrogen) atoms. The molecule has 16 heteroatoms. The Morgan fingerprint density at radius 3 is 2.46 bits per heavy atom. The molecule has 3 unspecified atom stereocenters. The number of ketones is 1. The van der Waals surface area contributed by atoms with Crippen LogP contribution >= 0.6 is 8.46 Å².